The Hall–Kier alpha value is -1.25. The van der Waals surface area contributed by atoms with Gasteiger partial charge in [-0.3, -0.25) is 0 Å². The Bertz CT molecular complexity index is 211. The van der Waals surface area contributed by atoms with Crippen molar-refractivity contribution in [2.45, 2.75) is 13.3 Å². The summed E-state index contributed by atoms with van der Waals surface area (Å²) in [5, 5.41) is 0. The van der Waals surface area contributed by atoms with Gasteiger partial charge < -0.3 is 0 Å². The first-order valence-corrected chi connectivity index (χ1v) is 3.21. The zero-order chi connectivity index (χ0) is 7.23. The fourth-order valence-corrected chi connectivity index (χ4v) is 0.572. The maximum atomic E-state index is 4.05. The Morgan fingerprint density at radius 2 is 2.40 bits per heavy atom. The molecule has 0 amide bonds. The van der Waals surface area contributed by atoms with E-state index in [9.17, 15) is 0 Å². The maximum Gasteiger partial charge on any atom is 0.129 e. The standard InChI is InChI=1S/C7H9N3/c1-2-7-9-5-3-4-8-6-10-7/h3-6H,2H2,1H3/b4-3?,5-3+,8-4?,8-6?,9-5?,9-7?,10-6?,10-7?. The molecule has 0 saturated heterocycles. The van der Waals surface area contributed by atoms with Gasteiger partial charge in [-0.2, -0.15) is 0 Å². The topological polar surface area (TPSA) is 37.1 Å². The van der Waals surface area contributed by atoms with E-state index < -0.39 is 0 Å². The quantitative estimate of drug-likeness (QED) is 0.521. The minimum Gasteiger partial charge on any atom is -0.245 e. The van der Waals surface area contributed by atoms with Gasteiger partial charge in [-0.1, -0.05) is 6.92 Å². The molecule has 0 aliphatic carbocycles. The molecule has 0 aromatic rings. The molecule has 0 unspecified atom stereocenters. The number of aliphatic imine (C=N–C) groups is 3. The molecule has 0 radical (unpaired) electrons. The number of amidine groups is 1. The highest BCUT2D eigenvalue weighted by Crippen LogP contribution is 1.90. The van der Waals surface area contributed by atoms with E-state index in [1.165, 1.54) is 6.34 Å². The predicted molar refractivity (Wildman–Crippen MR) is 43.9 cm³/mol. The van der Waals surface area contributed by atoms with Crippen molar-refractivity contribution < 1.29 is 0 Å². The van der Waals surface area contributed by atoms with E-state index in [0.29, 0.717) is 0 Å². The molecule has 3 nitrogen and oxygen atoms in total. The number of hydrogen-bond donors (Lipinski definition) is 0. The number of rotatable bonds is 1. The normalized spacial score (nSPS) is 19.5. The van der Waals surface area contributed by atoms with Gasteiger partial charge in [0.2, 0.25) is 0 Å². The summed E-state index contributed by atoms with van der Waals surface area (Å²) in [5.74, 6) is 0.813. The maximum absolute atomic E-state index is 4.05. The molecular weight excluding hydrogens is 126 g/mol. The van der Waals surface area contributed by atoms with E-state index in [2.05, 4.69) is 15.0 Å². The lowest BCUT2D eigenvalue weighted by molar-refractivity contribution is 1.23. The zero-order valence-corrected chi connectivity index (χ0v) is 5.86. The molecule has 0 aromatic carbocycles. The van der Waals surface area contributed by atoms with Crippen LogP contribution in [0.3, 0.4) is 0 Å². The molecule has 10 heavy (non-hydrogen) atoms. The second kappa shape index (κ2) is 3.71. The van der Waals surface area contributed by atoms with Crippen molar-refractivity contribution >= 4 is 18.4 Å². The molecule has 1 aliphatic rings. The molecule has 52 valence electrons. The van der Waals surface area contributed by atoms with Crippen LogP contribution in [0.1, 0.15) is 13.3 Å². The SMILES string of the molecule is CCC1=N/C=C/C=NC=N1. The second-order valence-electron chi connectivity index (χ2n) is 1.78. The van der Waals surface area contributed by atoms with Crippen molar-refractivity contribution in [2.75, 3.05) is 0 Å². The minimum atomic E-state index is 0.813. The second-order valence-corrected chi connectivity index (χ2v) is 1.78. The van der Waals surface area contributed by atoms with Gasteiger partial charge in [-0.05, 0) is 6.08 Å². The molecule has 0 saturated carbocycles. The van der Waals surface area contributed by atoms with Crippen LogP contribution in [0, 0.1) is 0 Å². The lowest BCUT2D eigenvalue weighted by atomic mass is 10.4. The van der Waals surface area contributed by atoms with Crippen LogP contribution in [0.25, 0.3) is 0 Å². The van der Waals surface area contributed by atoms with Crippen LogP contribution < -0.4 is 0 Å². The third kappa shape index (κ3) is 1.93. The predicted octanol–water partition coefficient (Wildman–Crippen LogP) is 1.42. The highest BCUT2D eigenvalue weighted by molar-refractivity contribution is 5.93. The van der Waals surface area contributed by atoms with Crippen LogP contribution in [-0.4, -0.2) is 18.4 Å². The summed E-state index contributed by atoms with van der Waals surface area (Å²) in [5.41, 5.74) is 0. The van der Waals surface area contributed by atoms with Gasteiger partial charge in [-0.15, -0.1) is 0 Å². The first-order valence-electron chi connectivity index (χ1n) is 3.21. The summed E-state index contributed by atoms with van der Waals surface area (Å²) in [6.07, 6.45) is 7.47. The minimum absolute atomic E-state index is 0.813. The zero-order valence-electron chi connectivity index (χ0n) is 5.86. The number of nitrogens with zero attached hydrogens (tertiary/aromatic N) is 3. The van der Waals surface area contributed by atoms with Crippen molar-refractivity contribution in [3.63, 3.8) is 0 Å². The Morgan fingerprint density at radius 1 is 1.50 bits per heavy atom. The first kappa shape index (κ1) is 6.86. The monoisotopic (exact) mass is 135 g/mol. The van der Waals surface area contributed by atoms with E-state index in [1.54, 1.807) is 18.5 Å². The highest BCUT2D eigenvalue weighted by Gasteiger charge is 1.87. The van der Waals surface area contributed by atoms with Gasteiger partial charge in [0.15, 0.2) is 0 Å². The third-order valence-corrected chi connectivity index (χ3v) is 1.07. The van der Waals surface area contributed by atoms with Gasteiger partial charge in [-0.25, -0.2) is 15.0 Å². The van der Waals surface area contributed by atoms with E-state index in [1.807, 2.05) is 6.92 Å². The first-order chi connectivity index (χ1) is 4.93. The molecule has 0 N–H and O–H groups in total. The summed E-state index contributed by atoms with van der Waals surface area (Å²) in [6.45, 7) is 2.01. The van der Waals surface area contributed by atoms with Gasteiger partial charge in [0, 0.05) is 18.8 Å². The van der Waals surface area contributed by atoms with Crippen molar-refractivity contribution in [1.82, 2.24) is 0 Å². The summed E-state index contributed by atoms with van der Waals surface area (Å²) in [7, 11) is 0. The smallest absolute Gasteiger partial charge is 0.129 e. The van der Waals surface area contributed by atoms with E-state index in [0.717, 1.165) is 12.3 Å². The van der Waals surface area contributed by atoms with E-state index in [4.69, 9.17) is 0 Å². The van der Waals surface area contributed by atoms with Gasteiger partial charge in [0.25, 0.3) is 0 Å². The molecule has 1 heterocycles. The Kier molecular flexibility index (Phi) is 2.55. The average Bonchev–Trinajstić information content (AvgIpc) is 1.87. The summed E-state index contributed by atoms with van der Waals surface area (Å²) >= 11 is 0. The number of hydrogen-bond acceptors (Lipinski definition) is 3. The van der Waals surface area contributed by atoms with Crippen molar-refractivity contribution in [3.8, 4) is 0 Å². The van der Waals surface area contributed by atoms with Crippen LogP contribution in [0.15, 0.2) is 27.3 Å². The Labute approximate surface area is 59.9 Å². The number of allylic oxidation sites excluding steroid dienone is 1. The lowest BCUT2D eigenvalue weighted by Gasteiger charge is -1.91. The molecule has 1 rings (SSSR count). The highest BCUT2D eigenvalue weighted by atomic mass is 14.9. The van der Waals surface area contributed by atoms with Crippen LogP contribution in [0.2, 0.25) is 0 Å². The van der Waals surface area contributed by atoms with E-state index in [-0.39, 0.29) is 0 Å². The Morgan fingerprint density at radius 3 is 3.20 bits per heavy atom. The van der Waals surface area contributed by atoms with Crippen molar-refractivity contribution in [1.29, 1.82) is 0 Å². The van der Waals surface area contributed by atoms with Crippen LogP contribution >= 0.6 is 0 Å². The molecule has 0 spiro atoms. The van der Waals surface area contributed by atoms with Gasteiger partial charge >= 0.3 is 0 Å². The molecule has 0 bridgehead atoms. The van der Waals surface area contributed by atoms with Crippen LogP contribution in [-0.2, 0) is 0 Å². The van der Waals surface area contributed by atoms with Crippen LogP contribution in [0.4, 0.5) is 0 Å². The van der Waals surface area contributed by atoms with Crippen molar-refractivity contribution in [3.05, 3.63) is 12.3 Å². The summed E-state index contributed by atoms with van der Waals surface area (Å²) in [4.78, 5) is 11.9. The molecular formula is C7H9N3. The largest absolute Gasteiger partial charge is 0.245 e. The summed E-state index contributed by atoms with van der Waals surface area (Å²) in [6, 6.07) is 0. The third-order valence-electron chi connectivity index (χ3n) is 1.07. The Balaban J connectivity index is 2.73. The molecule has 0 aromatic heterocycles. The average molecular weight is 135 g/mol. The lowest BCUT2D eigenvalue weighted by Crippen LogP contribution is -1.91. The van der Waals surface area contributed by atoms with Gasteiger partial charge in [0.1, 0.15) is 12.2 Å². The fraction of sp³-hybridized carbons (Fsp3) is 0.286. The molecule has 0 atom stereocenters. The summed E-state index contributed by atoms with van der Waals surface area (Å²) < 4.78 is 0. The van der Waals surface area contributed by atoms with Gasteiger partial charge in [0.05, 0.1) is 0 Å². The van der Waals surface area contributed by atoms with E-state index >= 15 is 0 Å². The van der Waals surface area contributed by atoms with Crippen LogP contribution in [0.5, 0.6) is 0 Å². The molecule has 0 fully saturated rings. The fourth-order valence-electron chi connectivity index (χ4n) is 0.572. The molecule has 3 heteroatoms. The molecule has 1 aliphatic heterocycles. The van der Waals surface area contributed by atoms with Crippen molar-refractivity contribution in [2.24, 2.45) is 15.0 Å².